The third-order valence-corrected chi connectivity index (χ3v) is 4.45. The van der Waals surface area contributed by atoms with Crippen molar-refractivity contribution in [3.63, 3.8) is 0 Å². The van der Waals surface area contributed by atoms with Gasteiger partial charge < -0.3 is 14.1 Å². The van der Waals surface area contributed by atoms with Crippen molar-refractivity contribution >= 4 is 28.7 Å². The van der Waals surface area contributed by atoms with E-state index in [1.165, 1.54) is 0 Å². The minimum atomic E-state index is -0.421. The van der Waals surface area contributed by atoms with Crippen molar-refractivity contribution in [2.45, 2.75) is 13.3 Å². The van der Waals surface area contributed by atoms with Crippen LogP contribution >= 0.6 is 0 Å². The largest absolute Gasteiger partial charge is 0.466 e. The van der Waals surface area contributed by atoms with E-state index in [0.717, 1.165) is 5.56 Å². The number of carbonyl (C=O) groups is 2. The Bertz CT molecular complexity index is 964. The van der Waals surface area contributed by atoms with Crippen LogP contribution in [0, 0.1) is 5.92 Å². The third kappa shape index (κ3) is 2.94. The van der Waals surface area contributed by atoms with Gasteiger partial charge in [0.1, 0.15) is 5.52 Å². The minimum absolute atomic E-state index is 0.0887. The van der Waals surface area contributed by atoms with Gasteiger partial charge in [0.2, 0.25) is 11.8 Å². The summed E-state index contributed by atoms with van der Waals surface area (Å²) in [5.41, 5.74) is 2.93. The van der Waals surface area contributed by atoms with Gasteiger partial charge in [-0.15, -0.1) is 0 Å². The van der Waals surface area contributed by atoms with Crippen LogP contribution in [0.4, 0.5) is 5.69 Å². The lowest BCUT2D eigenvalue weighted by Gasteiger charge is -2.16. The molecule has 26 heavy (non-hydrogen) atoms. The average molecular weight is 350 g/mol. The number of esters is 1. The minimum Gasteiger partial charge on any atom is -0.466 e. The van der Waals surface area contributed by atoms with Crippen LogP contribution in [0.3, 0.4) is 0 Å². The molecule has 1 atom stereocenters. The van der Waals surface area contributed by atoms with Gasteiger partial charge in [0.05, 0.1) is 12.5 Å². The van der Waals surface area contributed by atoms with Crippen LogP contribution in [0.1, 0.15) is 13.3 Å². The molecule has 6 nitrogen and oxygen atoms in total. The zero-order chi connectivity index (χ0) is 18.1. The first-order valence-corrected chi connectivity index (χ1v) is 8.58. The van der Waals surface area contributed by atoms with Gasteiger partial charge in [-0.2, -0.15) is 0 Å². The van der Waals surface area contributed by atoms with Crippen LogP contribution in [0.25, 0.3) is 22.6 Å². The van der Waals surface area contributed by atoms with E-state index in [2.05, 4.69) is 4.98 Å². The van der Waals surface area contributed by atoms with Gasteiger partial charge in [-0.3, -0.25) is 9.59 Å². The molecule has 0 unspecified atom stereocenters. The predicted molar refractivity (Wildman–Crippen MR) is 96.5 cm³/mol. The Morgan fingerprint density at radius 1 is 1.27 bits per heavy atom. The summed E-state index contributed by atoms with van der Waals surface area (Å²) < 4.78 is 10.8. The number of hydrogen-bond donors (Lipinski definition) is 0. The van der Waals surface area contributed by atoms with Crippen molar-refractivity contribution in [1.29, 1.82) is 0 Å². The van der Waals surface area contributed by atoms with Crippen LogP contribution < -0.4 is 4.90 Å². The van der Waals surface area contributed by atoms with Gasteiger partial charge in [-0.05, 0) is 37.3 Å². The first-order valence-electron chi connectivity index (χ1n) is 8.58. The molecule has 4 rings (SSSR count). The van der Waals surface area contributed by atoms with E-state index in [1.807, 2.05) is 42.5 Å². The fraction of sp³-hybridized carbons (Fsp3) is 0.250. The number of ether oxygens (including phenoxy) is 1. The van der Waals surface area contributed by atoms with Crippen LogP contribution in [0.2, 0.25) is 0 Å². The Labute approximate surface area is 150 Å². The lowest BCUT2D eigenvalue weighted by molar-refractivity contribution is -0.147. The number of carbonyl (C=O) groups excluding carboxylic acids is 2. The number of amides is 1. The second-order valence-corrected chi connectivity index (χ2v) is 6.19. The second kappa shape index (κ2) is 6.63. The van der Waals surface area contributed by atoms with Crippen molar-refractivity contribution in [3.8, 4) is 11.5 Å². The maximum absolute atomic E-state index is 12.3. The molecule has 0 spiro atoms. The SMILES string of the molecule is CCOC(=O)[C@H]1CC(=O)N(c2ccc3oc(-c4ccccc4)nc3c2)C1. The highest BCUT2D eigenvalue weighted by Crippen LogP contribution is 2.30. The normalized spacial score (nSPS) is 17.0. The summed E-state index contributed by atoms with van der Waals surface area (Å²) in [5, 5.41) is 0. The maximum Gasteiger partial charge on any atom is 0.311 e. The number of anilines is 1. The number of hydrogen-bond acceptors (Lipinski definition) is 5. The summed E-state index contributed by atoms with van der Waals surface area (Å²) in [6.07, 6.45) is 0.172. The average Bonchev–Trinajstić information content (AvgIpc) is 3.25. The smallest absolute Gasteiger partial charge is 0.311 e. The van der Waals surface area contributed by atoms with E-state index < -0.39 is 5.92 Å². The molecule has 2 aromatic carbocycles. The Balaban J connectivity index is 1.61. The molecule has 1 fully saturated rings. The molecule has 1 aromatic heterocycles. The highest BCUT2D eigenvalue weighted by Gasteiger charge is 2.36. The topological polar surface area (TPSA) is 72.6 Å². The molecule has 0 saturated carbocycles. The first kappa shape index (κ1) is 16.3. The molecule has 1 amide bonds. The molecular formula is C20H18N2O4. The molecule has 1 saturated heterocycles. The number of fused-ring (bicyclic) bond motifs is 1. The van der Waals surface area contributed by atoms with Gasteiger partial charge in [0, 0.05) is 24.2 Å². The highest BCUT2D eigenvalue weighted by atomic mass is 16.5. The van der Waals surface area contributed by atoms with E-state index in [-0.39, 0.29) is 18.3 Å². The van der Waals surface area contributed by atoms with E-state index >= 15 is 0 Å². The number of benzene rings is 2. The summed E-state index contributed by atoms with van der Waals surface area (Å²) >= 11 is 0. The van der Waals surface area contributed by atoms with Crippen molar-refractivity contribution in [3.05, 3.63) is 48.5 Å². The van der Waals surface area contributed by atoms with Gasteiger partial charge in [-0.1, -0.05) is 18.2 Å². The lowest BCUT2D eigenvalue weighted by atomic mass is 10.1. The van der Waals surface area contributed by atoms with E-state index in [9.17, 15) is 9.59 Å². The van der Waals surface area contributed by atoms with Crippen LogP contribution in [-0.2, 0) is 14.3 Å². The molecule has 0 aliphatic carbocycles. The first-order chi connectivity index (χ1) is 12.7. The molecule has 0 bridgehead atoms. The van der Waals surface area contributed by atoms with Crippen LogP contribution in [0.5, 0.6) is 0 Å². The van der Waals surface area contributed by atoms with Crippen LogP contribution in [-0.4, -0.2) is 30.0 Å². The number of nitrogens with zero attached hydrogens (tertiary/aromatic N) is 2. The maximum atomic E-state index is 12.3. The monoisotopic (exact) mass is 350 g/mol. The molecule has 1 aliphatic rings. The molecule has 3 aromatic rings. The zero-order valence-corrected chi connectivity index (χ0v) is 14.3. The summed E-state index contributed by atoms with van der Waals surface area (Å²) in [5.74, 6) is -0.295. The number of rotatable bonds is 4. The lowest BCUT2D eigenvalue weighted by Crippen LogP contribution is -2.26. The molecule has 2 heterocycles. The van der Waals surface area contributed by atoms with Gasteiger partial charge >= 0.3 is 5.97 Å². The van der Waals surface area contributed by atoms with Gasteiger partial charge in [0.15, 0.2) is 5.58 Å². The van der Waals surface area contributed by atoms with Crippen molar-refractivity contribution in [2.24, 2.45) is 5.92 Å². The standard InChI is InChI=1S/C20H18N2O4/c1-2-25-20(24)14-10-18(23)22(12-14)15-8-9-17-16(11-15)21-19(26-17)13-6-4-3-5-7-13/h3-9,11,14H,2,10,12H2,1H3/t14-/m0/s1. The quantitative estimate of drug-likeness (QED) is 0.674. The number of aromatic nitrogens is 1. The zero-order valence-electron chi connectivity index (χ0n) is 14.3. The highest BCUT2D eigenvalue weighted by molar-refractivity contribution is 6.00. The molecule has 6 heteroatoms. The van der Waals surface area contributed by atoms with E-state index in [0.29, 0.717) is 35.8 Å². The fourth-order valence-electron chi connectivity index (χ4n) is 3.16. The Morgan fingerprint density at radius 2 is 2.08 bits per heavy atom. The van der Waals surface area contributed by atoms with Crippen molar-refractivity contribution in [1.82, 2.24) is 4.98 Å². The van der Waals surface area contributed by atoms with E-state index in [4.69, 9.17) is 9.15 Å². The van der Waals surface area contributed by atoms with Crippen LogP contribution in [0.15, 0.2) is 52.9 Å². The molecule has 0 N–H and O–H groups in total. The van der Waals surface area contributed by atoms with Crippen molar-refractivity contribution < 1.29 is 18.7 Å². The molecule has 1 aliphatic heterocycles. The Morgan fingerprint density at radius 3 is 2.85 bits per heavy atom. The molecular weight excluding hydrogens is 332 g/mol. The Hall–Kier alpha value is -3.15. The van der Waals surface area contributed by atoms with Crippen molar-refractivity contribution in [2.75, 3.05) is 18.1 Å². The van der Waals surface area contributed by atoms with E-state index in [1.54, 1.807) is 17.9 Å². The third-order valence-electron chi connectivity index (χ3n) is 4.45. The number of oxazole rings is 1. The molecule has 0 radical (unpaired) electrons. The summed E-state index contributed by atoms with van der Waals surface area (Å²) in [6, 6.07) is 15.1. The van der Waals surface area contributed by atoms with Gasteiger partial charge in [-0.25, -0.2) is 4.98 Å². The summed E-state index contributed by atoms with van der Waals surface area (Å²) in [6.45, 7) is 2.40. The second-order valence-electron chi connectivity index (χ2n) is 6.19. The fourth-order valence-corrected chi connectivity index (χ4v) is 3.16. The summed E-state index contributed by atoms with van der Waals surface area (Å²) in [4.78, 5) is 30.4. The predicted octanol–water partition coefficient (Wildman–Crippen LogP) is 3.41. The van der Waals surface area contributed by atoms with Gasteiger partial charge in [0.25, 0.3) is 0 Å². The molecule has 132 valence electrons. The summed E-state index contributed by atoms with van der Waals surface area (Å²) in [7, 11) is 0. The Kier molecular flexibility index (Phi) is 4.16.